The second-order valence-electron chi connectivity index (χ2n) is 5.55. The lowest BCUT2D eigenvalue weighted by atomic mass is 9.88. The summed E-state index contributed by atoms with van der Waals surface area (Å²) in [5.41, 5.74) is -0.906. The van der Waals surface area contributed by atoms with Gasteiger partial charge in [-0.3, -0.25) is 9.59 Å². The number of aliphatic carboxylic acids is 1. The topological polar surface area (TPSA) is 72.2 Å². The molecule has 1 aromatic carbocycles. The Balaban J connectivity index is 2.13. The van der Waals surface area contributed by atoms with Gasteiger partial charge in [0.15, 0.2) is 0 Å². The lowest BCUT2D eigenvalue weighted by molar-refractivity contribution is -0.147. The molecular weight excluding hydrogens is 256 g/mol. The molecule has 5 heteroatoms. The van der Waals surface area contributed by atoms with E-state index >= 15 is 0 Å². The van der Waals surface area contributed by atoms with Crippen LogP contribution in [-0.4, -0.2) is 20.9 Å². The Morgan fingerprint density at radius 3 is 2.75 bits per heavy atom. The highest BCUT2D eigenvalue weighted by molar-refractivity contribution is 5.80. The number of rotatable bonds is 5. The average Bonchev–Trinajstić information content (AvgIpc) is 2.41. The van der Waals surface area contributed by atoms with Crippen LogP contribution < -0.4 is 5.56 Å². The van der Waals surface area contributed by atoms with Gasteiger partial charge in [-0.25, -0.2) is 4.68 Å². The first-order valence-corrected chi connectivity index (χ1v) is 6.60. The molecule has 106 valence electrons. The van der Waals surface area contributed by atoms with E-state index in [9.17, 15) is 9.59 Å². The molecule has 1 aromatic heterocycles. The first-order chi connectivity index (χ1) is 9.42. The highest BCUT2D eigenvalue weighted by atomic mass is 16.4. The van der Waals surface area contributed by atoms with Gasteiger partial charge in [0.1, 0.15) is 0 Å². The fourth-order valence-electron chi connectivity index (χ4n) is 2.06. The highest BCUT2D eigenvalue weighted by Crippen LogP contribution is 2.22. The normalized spacial score (nSPS) is 11.7. The number of aromatic nitrogens is 2. The van der Waals surface area contributed by atoms with Crippen LogP contribution in [-0.2, 0) is 11.3 Å². The molecule has 2 aromatic rings. The monoisotopic (exact) mass is 274 g/mol. The lowest BCUT2D eigenvalue weighted by Gasteiger charge is -2.18. The van der Waals surface area contributed by atoms with Crippen LogP contribution in [0, 0.1) is 5.41 Å². The van der Waals surface area contributed by atoms with Gasteiger partial charge in [-0.05, 0) is 32.8 Å². The van der Waals surface area contributed by atoms with Crippen molar-refractivity contribution in [3.63, 3.8) is 0 Å². The molecule has 0 saturated heterocycles. The van der Waals surface area contributed by atoms with Crippen molar-refractivity contribution in [2.75, 3.05) is 0 Å². The number of aryl methyl sites for hydroxylation is 1. The zero-order chi connectivity index (χ0) is 14.8. The number of nitrogens with zero attached hydrogens (tertiary/aromatic N) is 2. The van der Waals surface area contributed by atoms with Crippen LogP contribution in [0.25, 0.3) is 10.8 Å². The van der Waals surface area contributed by atoms with Crippen LogP contribution in [0.15, 0.2) is 35.3 Å². The Kier molecular flexibility index (Phi) is 3.88. The second-order valence-corrected chi connectivity index (χ2v) is 5.55. The third kappa shape index (κ3) is 2.87. The van der Waals surface area contributed by atoms with Gasteiger partial charge in [-0.15, -0.1) is 0 Å². The van der Waals surface area contributed by atoms with Gasteiger partial charge in [0.25, 0.3) is 5.56 Å². The fraction of sp³-hybridized carbons (Fsp3) is 0.400. The lowest BCUT2D eigenvalue weighted by Crippen LogP contribution is -2.26. The van der Waals surface area contributed by atoms with Crippen LogP contribution >= 0.6 is 0 Å². The minimum atomic E-state index is -0.823. The van der Waals surface area contributed by atoms with Gasteiger partial charge in [0.05, 0.1) is 17.0 Å². The summed E-state index contributed by atoms with van der Waals surface area (Å²) in [6.45, 7) is 3.80. The van der Waals surface area contributed by atoms with Gasteiger partial charge in [0.2, 0.25) is 0 Å². The Hall–Kier alpha value is -2.17. The number of carbonyl (C=O) groups is 1. The number of hydrogen-bond donors (Lipinski definition) is 1. The second kappa shape index (κ2) is 5.45. The molecule has 1 N–H and O–H groups in total. The minimum absolute atomic E-state index is 0.128. The molecule has 20 heavy (non-hydrogen) atoms. The zero-order valence-electron chi connectivity index (χ0n) is 11.7. The van der Waals surface area contributed by atoms with Gasteiger partial charge >= 0.3 is 5.97 Å². The van der Waals surface area contributed by atoms with E-state index in [1.807, 2.05) is 18.2 Å². The molecule has 0 atom stereocenters. The molecule has 5 nitrogen and oxygen atoms in total. The molecule has 0 spiro atoms. The number of benzene rings is 1. The van der Waals surface area contributed by atoms with Gasteiger partial charge in [-0.2, -0.15) is 5.10 Å². The summed E-state index contributed by atoms with van der Waals surface area (Å²) in [4.78, 5) is 23.2. The van der Waals surface area contributed by atoms with E-state index in [1.165, 1.54) is 4.68 Å². The van der Waals surface area contributed by atoms with Crippen molar-refractivity contribution in [3.05, 3.63) is 40.8 Å². The van der Waals surface area contributed by atoms with Crippen LogP contribution in [0.5, 0.6) is 0 Å². The molecule has 0 bridgehead atoms. The Labute approximate surface area is 116 Å². The van der Waals surface area contributed by atoms with E-state index in [0.717, 1.165) is 5.39 Å². The van der Waals surface area contributed by atoms with Crippen LogP contribution in [0.4, 0.5) is 0 Å². The minimum Gasteiger partial charge on any atom is -0.481 e. The first kappa shape index (κ1) is 14.2. The van der Waals surface area contributed by atoms with Gasteiger partial charge < -0.3 is 5.11 Å². The number of carboxylic acids is 1. The summed E-state index contributed by atoms with van der Waals surface area (Å²) < 4.78 is 1.40. The summed E-state index contributed by atoms with van der Waals surface area (Å²) >= 11 is 0. The van der Waals surface area contributed by atoms with E-state index in [2.05, 4.69) is 5.10 Å². The quantitative estimate of drug-likeness (QED) is 0.908. The van der Waals surface area contributed by atoms with Crippen molar-refractivity contribution in [1.29, 1.82) is 0 Å². The Bertz CT molecular complexity index is 689. The van der Waals surface area contributed by atoms with E-state index in [1.54, 1.807) is 26.1 Å². The molecule has 0 aliphatic heterocycles. The number of hydrogen-bond acceptors (Lipinski definition) is 3. The standard InChI is InChI=1S/C15H18N2O3/c1-15(2,14(19)20)8-5-9-17-13(18)12-7-4-3-6-11(12)10-16-17/h3-4,6-7,10H,5,8-9H2,1-2H3,(H,19,20). The SMILES string of the molecule is CC(C)(CCCn1ncc2ccccc2c1=O)C(=O)O. The predicted molar refractivity (Wildman–Crippen MR) is 76.7 cm³/mol. The van der Waals surface area contributed by atoms with Crippen LogP contribution in [0.2, 0.25) is 0 Å². The maximum absolute atomic E-state index is 12.2. The van der Waals surface area contributed by atoms with Crippen molar-refractivity contribution in [2.24, 2.45) is 5.41 Å². The highest BCUT2D eigenvalue weighted by Gasteiger charge is 2.26. The molecule has 2 rings (SSSR count). The largest absolute Gasteiger partial charge is 0.481 e. The number of carboxylic acid groups (broad SMARTS) is 1. The molecular formula is C15H18N2O3. The van der Waals surface area contributed by atoms with Crippen LogP contribution in [0.3, 0.4) is 0 Å². The number of fused-ring (bicyclic) bond motifs is 1. The smallest absolute Gasteiger partial charge is 0.309 e. The third-order valence-corrected chi connectivity index (χ3v) is 3.51. The van der Waals surface area contributed by atoms with Gasteiger partial charge in [-0.1, -0.05) is 18.2 Å². The van der Waals surface area contributed by atoms with Crippen molar-refractivity contribution in [1.82, 2.24) is 9.78 Å². The maximum Gasteiger partial charge on any atom is 0.309 e. The van der Waals surface area contributed by atoms with E-state index in [-0.39, 0.29) is 5.56 Å². The molecule has 0 radical (unpaired) electrons. The Morgan fingerprint density at radius 1 is 1.35 bits per heavy atom. The van der Waals surface area contributed by atoms with Crippen molar-refractivity contribution < 1.29 is 9.90 Å². The summed E-state index contributed by atoms with van der Waals surface area (Å²) in [5.74, 6) is -0.823. The summed E-state index contributed by atoms with van der Waals surface area (Å²) in [5, 5.41) is 14.6. The first-order valence-electron chi connectivity index (χ1n) is 6.60. The molecule has 0 saturated carbocycles. The molecule has 0 aliphatic carbocycles. The third-order valence-electron chi connectivity index (χ3n) is 3.51. The molecule has 1 heterocycles. The fourth-order valence-corrected chi connectivity index (χ4v) is 2.06. The van der Waals surface area contributed by atoms with Gasteiger partial charge in [0, 0.05) is 11.9 Å². The average molecular weight is 274 g/mol. The summed E-state index contributed by atoms with van der Waals surface area (Å²) in [7, 11) is 0. The van der Waals surface area contributed by atoms with Crippen molar-refractivity contribution in [2.45, 2.75) is 33.2 Å². The summed E-state index contributed by atoms with van der Waals surface area (Å²) in [6.07, 6.45) is 2.77. The van der Waals surface area contributed by atoms with E-state index < -0.39 is 11.4 Å². The predicted octanol–water partition coefficient (Wildman–Crippen LogP) is 2.29. The van der Waals surface area contributed by atoms with E-state index in [0.29, 0.717) is 24.8 Å². The molecule has 0 amide bonds. The van der Waals surface area contributed by atoms with E-state index in [4.69, 9.17) is 5.11 Å². The molecule has 0 aliphatic rings. The zero-order valence-corrected chi connectivity index (χ0v) is 11.7. The van der Waals surface area contributed by atoms with Crippen molar-refractivity contribution in [3.8, 4) is 0 Å². The molecule has 0 fully saturated rings. The maximum atomic E-state index is 12.2. The Morgan fingerprint density at radius 2 is 2.05 bits per heavy atom. The van der Waals surface area contributed by atoms with Crippen molar-refractivity contribution >= 4 is 16.7 Å². The molecule has 0 unspecified atom stereocenters. The van der Waals surface area contributed by atoms with Crippen LogP contribution in [0.1, 0.15) is 26.7 Å². The summed E-state index contributed by atoms with van der Waals surface area (Å²) in [6, 6.07) is 7.31.